The summed E-state index contributed by atoms with van der Waals surface area (Å²) < 4.78 is 13.8. The molecule has 1 aromatic heterocycles. The van der Waals surface area contributed by atoms with Crippen LogP contribution in [0.3, 0.4) is 0 Å². The van der Waals surface area contributed by atoms with Gasteiger partial charge in [-0.25, -0.2) is 14.4 Å². The van der Waals surface area contributed by atoms with Crippen molar-refractivity contribution in [2.24, 2.45) is 0 Å². The summed E-state index contributed by atoms with van der Waals surface area (Å²) in [6.45, 7) is 1.89. The molecule has 2 atom stereocenters. The molecule has 0 radical (unpaired) electrons. The molecule has 2 saturated heterocycles. The Morgan fingerprint density at radius 3 is 2.74 bits per heavy atom. The van der Waals surface area contributed by atoms with Crippen molar-refractivity contribution in [2.75, 3.05) is 18.0 Å². The first-order valence-electron chi connectivity index (χ1n) is 6.71. The standard InChI is InChI=1S/C14H15FN4/c15-12-3-1-2-11-13(12)16-8-17-14(11)19-6-9-4-5-10(7-19)18-9/h1-3,8-10,18H,4-7H2. The number of para-hydroxylation sites is 1. The number of halogens is 1. The molecular formula is C14H15FN4. The molecule has 0 spiro atoms. The van der Waals surface area contributed by atoms with Crippen molar-refractivity contribution in [1.82, 2.24) is 15.3 Å². The molecular weight excluding hydrogens is 243 g/mol. The fraction of sp³-hybridized carbons (Fsp3) is 0.429. The molecule has 4 nitrogen and oxygen atoms in total. The molecule has 5 heteroatoms. The lowest BCUT2D eigenvalue weighted by atomic mass is 10.2. The number of anilines is 1. The molecule has 19 heavy (non-hydrogen) atoms. The van der Waals surface area contributed by atoms with Gasteiger partial charge in [0.1, 0.15) is 23.5 Å². The zero-order valence-electron chi connectivity index (χ0n) is 10.5. The van der Waals surface area contributed by atoms with Crippen molar-refractivity contribution in [3.8, 4) is 0 Å². The van der Waals surface area contributed by atoms with Crippen LogP contribution >= 0.6 is 0 Å². The third-order valence-electron chi connectivity index (χ3n) is 4.11. The summed E-state index contributed by atoms with van der Waals surface area (Å²) in [6.07, 6.45) is 3.90. The summed E-state index contributed by atoms with van der Waals surface area (Å²) >= 11 is 0. The van der Waals surface area contributed by atoms with E-state index in [0.717, 1.165) is 24.3 Å². The molecule has 4 rings (SSSR count). The van der Waals surface area contributed by atoms with Crippen molar-refractivity contribution < 1.29 is 4.39 Å². The Morgan fingerprint density at radius 1 is 1.16 bits per heavy atom. The maximum atomic E-state index is 13.8. The van der Waals surface area contributed by atoms with Gasteiger partial charge in [0.05, 0.1) is 0 Å². The number of nitrogens with zero attached hydrogens (tertiary/aromatic N) is 3. The van der Waals surface area contributed by atoms with E-state index < -0.39 is 0 Å². The second-order valence-corrected chi connectivity index (χ2v) is 5.38. The summed E-state index contributed by atoms with van der Waals surface area (Å²) in [4.78, 5) is 10.7. The quantitative estimate of drug-likeness (QED) is 0.845. The van der Waals surface area contributed by atoms with E-state index in [9.17, 15) is 4.39 Å². The predicted octanol–water partition coefficient (Wildman–Crippen LogP) is 1.71. The maximum absolute atomic E-state index is 13.8. The smallest absolute Gasteiger partial charge is 0.149 e. The average molecular weight is 258 g/mol. The zero-order valence-corrected chi connectivity index (χ0v) is 10.5. The predicted molar refractivity (Wildman–Crippen MR) is 71.7 cm³/mol. The van der Waals surface area contributed by atoms with E-state index >= 15 is 0 Å². The molecule has 0 amide bonds. The SMILES string of the molecule is Fc1cccc2c(N3CC4CCC(C3)N4)ncnc12. The van der Waals surface area contributed by atoms with Gasteiger partial charge in [0.15, 0.2) is 0 Å². The van der Waals surface area contributed by atoms with E-state index in [1.807, 2.05) is 6.07 Å². The Balaban J connectivity index is 1.81. The fourth-order valence-corrected chi connectivity index (χ4v) is 3.26. The van der Waals surface area contributed by atoms with Crippen molar-refractivity contribution in [2.45, 2.75) is 24.9 Å². The molecule has 0 saturated carbocycles. The first kappa shape index (κ1) is 11.1. The molecule has 2 unspecified atom stereocenters. The second-order valence-electron chi connectivity index (χ2n) is 5.38. The van der Waals surface area contributed by atoms with Gasteiger partial charge in [0, 0.05) is 30.6 Å². The van der Waals surface area contributed by atoms with E-state index in [0.29, 0.717) is 17.6 Å². The van der Waals surface area contributed by atoms with Crippen molar-refractivity contribution >= 4 is 16.7 Å². The molecule has 1 aromatic carbocycles. The lowest BCUT2D eigenvalue weighted by molar-refractivity contribution is 0.464. The Bertz CT molecular complexity index is 618. The van der Waals surface area contributed by atoms with Gasteiger partial charge in [0.25, 0.3) is 0 Å². The minimum absolute atomic E-state index is 0.278. The molecule has 2 aliphatic rings. The lowest BCUT2D eigenvalue weighted by Crippen LogP contribution is -2.51. The molecule has 2 aliphatic heterocycles. The highest BCUT2D eigenvalue weighted by atomic mass is 19.1. The van der Waals surface area contributed by atoms with E-state index in [4.69, 9.17) is 0 Å². The Hall–Kier alpha value is -1.75. The molecule has 3 heterocycles. The summed E-state index contributed by atoms with van der Waals surface area (Å²) in [6, 6.07) is 6.15. The molecule has 2 bridgehead atoms. The summed E-state index contributed by atoms with van der Waals surface area (Å²) in [5.41, 5.74) is 0.415. The Kier molecular flexibility index (Phi) is 2.41. The zero-order chi connectivity index (χ0) is 12.8. The number of piperazine rings is 1. The first-order valence-corrected chi connectivity index (χ1v) is 6.71. The van der Waals surface area contributed by atoms with Crippen molar-refractivity contribution in [3.63, 3.8) is 0 Å². The van der Waals surface area contributed by atoms with Gasteiger partial charge in [-0.15, -0.1) is 0 Å². The molecule has 2 aromatic rings. The van der Waals surface area contributed by atoms with E-state index in [1.54, 1.807) is 6.07 Å². The number of hydrogen-bond acceptors (Lipinski definition) is 4. The lowest BCUT2D eigenvalue weighted by Gasteiger charge is -2.34. The van der Waals surface area contributed by atoms with Gasteiger partial charge in [0.2, 0.25) is 0 Å². The van der Waals surface area contributed by atoms with Gasteiger partial charge < -0.3 is 10.2 Å². The molecule has 1 N–H and O–H groups in total. The van der Waals surface area contributed by atoms with E-state index in [1.165, 1.54) is 25.2 Å². The monoisotopic (exact) mass is 258 g/mol. The Morgan fingerprint density at radius 2 is 1.95 bits per heavy atom. The summed E-state index contributed by atoms with van der Waals surface area (Å²) in [5, 5.41) is 4.40. The molecule has 98 valence electrons. The van der Waals surface area contributed by atoms with Gasteiger partial charge in [-0.3, -0.25) is 0 Å². The molecule has 0 aliphatic carbocycles. The summed E-state index contributed by atoms with van der Waals surface area (Å²) in [5.74, 6) is 0.585. The van der Waals surface area contributed by atoms with Crippen LogP contribution in [0.25, 0.3) is 10.9 Å². The normalized spacial score (nSPS) is 26.1. The van der Waals surface area contributed by atoms with Crippen LogP contribution in [-0.2, 0) is 0 Å². The number of aromatic nitrogens is 2. The minimum Gasteiger partial charge on any atom is -0.353 e. The van der Waals surface area contributed by atoms with Crippen LogP contribution in [0, 0.1) is 5.82 Å². The topological polar surface area (TPSA) is 41.0 Å². The van der Waals surface area contributed by atoms with Crippen LogP contribution < -0.4 is 10.2 Å². The number of nitrogens with one attached hydrogen (secondary N) is 1. The van der Waals surface area contributed by atoms with Crippen molar-refractivity contribution in [1.29, 1.82) is 0 Å². The number of benzene rings is 1. The largest absolute Gasteiger partial charge is 0.353 e. The van der Waals surface area contributed by atoms with Crippen LogP contribution in [0.2, 0.25) is 0 Å². The maximum Gasteiger partial charge on any atom is 0.149 e. The Labute approximate surface area is 110 Å². The molecule has 2 fully saturated rings. The van der Waals surface area contributed by atoms with E-state index in [-0.39, 0.29) is 5.82 Å². The number of rotatable bonds is 1. The number of fused-ring (bicyclic) bond motifs is 3. The highest BCUT2D eigenvalue weighted by Crippen LogP contribution is 2.29. The van der Waals surface area contributed by atoms with Gasteiger partial charge in [-0.2, -0.15) is 0 Å². The second kappa shape index (κ2) is 4.13. The van der Waals surface area contributed by atoms with Gasteiger partial charge in [-0.05, 0) is 25.0 Å². The highest BCUT2D eigenvalue weighted by Gasteiger charge is 2.33. The van der Waals surface area contributed by atoms with Gasteiger partial charge >= 0.3 is 0 Å². The van der Waals surface area contributed by atoms with Gasteiger partial charge in [-0.1, -0.05) is 6.07 Å². The van der Waals surface area contributed by atoms with Crippen molar-refractivity contribution in [3.05, 3.63) is 30.3 Å². The fourth-order valence-electron chi connectivity index (χ4n) is 3.26. The third-order valence-corrected chi connectivity index (χ3v) is 4.11. The minimum atomic E-state index is -0.278. The van der Waals surface area contributed by atoms with E-state index in [2.05, 4.69) is 20.2 Å². The van der Waals surface area contributed by atoms with Crippen LogP contribution in [-0.4, -0.2) is 35.1 Å². The highest BCUT2D eigenvalue weighted by molar-refractivity contribution is 5.89. The van der Waals surface area contributed by atoms with Crippen LogP contribution in [0.1, 0.15) is 12.8 Å². The van der Waals surface area contributed by atoms with Crippen LogP contribution in [0.15, 0.2) is 24.5 Å². The first-order chi connectivity index (χ1) is 9.31. The third kappa shape index (κ3) is 1.76. The number of hydrogen-bond donors (Lipinski definition) is 1. The summed E-state index contributed by atoms with van der Waals surface area (Å²) in [7, 11) is 0. The average Bonchev–Trinajstić information content (AvgIpc) is 2.77. The van der Waals surface area contributed by atoms with Crippen LogP contribution in [0.4, 0.5) is 10.2 Å². The van der Waals surface area contributed by atoms with Crippen LogP contribution in [0.5, 0.6) is 0 Å².